The Kier molecular flexibility index (Phi) is 4.61. The van der Waals surface area contributed by atoms with Gasteiger partial charge < -0.3 is 10.6 Å². The second-order valence-corrected chi connectivity index (χ2v) is 8.45. The summed E-state index contributed by atoms with van der Waals surface area (Å²) in [6.07, 6.45) is 4.99. The van der Waals surface area contributed by atoms with Crippen molar-refractivity contribution in [2.45, 2.75) is 38.6 Å². The smallest absolute Gasteiger partial charge is 0.274 e. The topological polar surface area (TPSA) is 59.2 Å². The van der Waals surface area contributed by atoms with Crippen LogP contribution in [0.3, 0.4) is 0 Å². The van der Waals surface area contributed by atoms with Crippen LogP contribution < -0.4 is 5.73 Å². The quantitative estimate of drug-likeness (QED) is 0.913. The van der Waals surface area contributed by atoms with E-state index in [-0.39, 0.29) is 11.9 Å². The molecule has 2 aromatic rings. The maximum absolute atomic E-state index is 13.4. The van der Waals surface area contributed by atoms with Gasteiger partial charge in [0.25, 0.3) is 5.91 Å². The van der Waals surface area contributed by atoms with E-state index in [1.807, 2.05) is 42.2 Å². The van der Waals surface area contributed by atoms with E-state index in [1.54, 1.807) is 11.3 Å². The Hall–Kier alpha value is -1.72. The first kappa shape index (κ1) is 16.7. The molecule has 1 aliphatic carbocycles. The van der Waals surface area contributed by atoms with Gasteiger partial charge in [0.15, 0.2) is 0 Å². The van der Waals surface area contributed by atoms with E-state index < -0.39 is 0 Å². The van der Waals surface area contributed by atoms with Gasteiger partial charge in [-0.05, 0) is 37.2 Å². The van der Waals surface area contributed by atoms with Crippen molar-refractivity contribution >= 4 is 17.2 Å². The third-order valence-corrected chi connectivity index (χ3v) is 6.79. The highest BCUT2D eigenvalue weighted by molar-refractivity contribution is 7.15. The number of rotatable bonds is 3. The van der Waals surface area contributed by atoms with E-state index in [2.05, 4.69) is 4.98 Å². The Balaban J connectivity index is 1.67. The minimum Gasteiger partial charge on any atom is -0.332 e. The first-order valence-electron chi connectivity index (χ1n) is 9.23. The normalized spacial score (nSPS) is 25.8. The van der Waals surface area contributed by atoms with E-state index in [1.165, 1.54) is 25.7 Å². The van der Waals surface area contributed by atoms with Gasteiger partial charge in [-0.3, -0.25) is 4.79 Å². The predicted octanol–water partition coefficient (Wildman–Crippen LogP) is 3.71. The molecule has 2 aliphatic rings. The number of likely N-dealkylation sites (tertiary alicyclic amines) is 1. The third-order valence-electron chi connectivity index (χ3n) is 5.77. The third kappa shape index (κ3) is 3.00. The van der Waals surface area contributed by atoms with Crippen LogP contribution in [0.1, 0.15) is 41.2 Å². The first-order chi connectivity index (χ1) is 12.2. The fourth-order valence-electron chi connectivity index (χ4n) is 4.62. The zero-order chi connectivity index (χ0) is 17.4. The Morgan fingerprint density at radius 2 is 2.04 bits per heavy atom. The molecule has 4 nitrogen and oxygen atoms in total. The number of fused-ring (bicyclic) bond motifs is 1. The molecule has 1 aromatic carbocycles. The van der Waals surface area contributed by atoms with Crippen molar-refractivity contribution in [1.82, 2.24) is 9.88 Å². The van der Waals surface area contributed by atoms with Crippen LogP contribution in [0, 0.1) is 18.8 Å². The molecule has 5 heteroatoms. The van der Waals surface area contributed by atoms with Gasteiger partial charge >= 0.3 is 0 Å². The monoisotopic (exact) mass is 355 g/mol. The van der Waals surface area contributed by atoms with Gasteiger partial charge in [-0.15, -0.1) is 11.3 Å². The molecule has 132 valence electrons. The second-order valence-electron chi connectivity index (χ2n) is 7.25. The average molecular weight is 356 g/mol. The molecule has 1 saturated carbocycles. The Labute approximate surface area is 153 Å². The van der Waals surface area contributed by atoms with Gasteiger partial charge in [-0.1, -0.05) is 43.2 Å². The summed E-state index contributed by atoms with van der Waals surface area (Å²) in [5.41, 5.74) is 7.76. The number of nitrogens with zero attached hydrogens (tertiary/aromatic N) is 2. The summed E-state index contributed by atoms with van der Waals surface area (Å²) in [4.78, 5) is 21.0. The molecule has 0 bridgehead atoms. The molecule has 25 heavy (non-hydrogen) atoms. The Bertz CT molecular complexity index is 758. The van der Waals surface area contributed by atoms with Gasteiger partial charge in [0.05, 0.1) is 9.88 Å². The van der Waals surface area contributed by atoms with E-state index >= 15 is 0 Å². The van der Waals surface area contributed by atoms with Gasteiger partial charge in [0.1, 0.15) is 5.69 Å². The van der Waals surface area contributed by atoms with Crippen molar-refractivity contribution in [1.29, 1.82) is 0 Å². The zero-order valence-electron chi connectivity index (χ0n) is 14.6. The molecule has 3 atom stereocenters. The highest BCUT2D eigenvalue weighted by Crippen LogP contribution is 2.41. The number of hydrogen-bond acceptors (Lipinski definition) is 4. The highest BCUT2D eigenvalue weighted by Gasteiger charge is 2.44. The molecule has 1 amide bonds. The van der Waals surface area contributed by atoms with Crippen molar-refractivity contribution in [3.05, 3.63) is 41.0 Å². The molecule has 2 N–H and O–H groups in total. The fraction of sp³-hybridized carbons (Fsp3) is 0.500. The Morgan fingerprint density at radius 1 is 1.28 bits per heavy atom. The SMILES string of the molecule is Cc1nc(C(=O)N2CC3CCCCC3C2CN)c(-c2ccccc2)s1. The number of carbonyl (C=O) groups excluding carboxylic acids is 1. The number of aromatic nitrogens is 1. The Morgan fingerprint density at radius 3 is 2.80 bits per heavy atom. The molecule has 4 rings (SSSR count). The molecule has 2 fully saturated rings. The molecule has 1 aliphatic heterocycles. The van der Waals surface area contributed by atoms with Crippen LogP contribution in [0.5, 0.6) is 0 Å². The molecule has 3 unspecified atom stereocenters. The van der Waals surface area contributed by atoms with Crippen molar-refractivity contribution in [2.24, 2.45) is 17.6 Å². The minimum absolute atomic E-state index is 0.0630. The second kappa shape index (κ2) is 6.89. The van der Waals surface area contributed by atoms with Gasteiger partial charge in [0.2, 0.25) is 0 Å². The molecule has 0 spiro atoms. The summed E-state index contributed by atoms with van der Waals surface area (Å²) in [5.74, 6) is 1.25. The minimum atomic E-state index is 0.0630. The summed E-state index contributed by atoms with van der Waals surface area (Å²) < 4.78 is 0. The van der Waals surface area contributed by atoms with Crippen LogP contribution in [0.15, 0.2) is 30.3 Å². The number of hydrogen-bond donors (Lipinski definition) is 1. The van der Waals surface area contributed by atoms with E-state index in [0.29, 0.717) is 24.1 Å². The van der Waals surface area contributed by atoms with Crippen molar-refractivity contribution < 1.29 is 4.79 Å². The van der Waals surface area contributed by atoms with Crippen LogP contribution in [-0.2, 0) is 0 Å². The van der Waals surface area contributed by atoms with Gasteiger partial charge in [-0.2, -0.15) is 0 Å². The van der Waals surface area contributed by atoms with Crippen molar-refractivity contribution in [2.75, 3.05) is 13.1 Å². The lowest BCUT2D eigenvalue weighted by Crippen LogP contribution is -2.43. The first-order valence-corrected chi connectivity index (χ1v) is 10.0. The molecule has 1 saturated heterocycles. The van der Waals surface area contributed by atoms with Crippen LogP contribution >= 0.6 is 11.3 Å². The van der Waals surface area contributed by atoms with Gasteiger partial charge in [-0.25, -0.2) is 4.98 Å². The van der Waals surface area contributed by atoms with E-state index in [4.69, 9.17) is 5.73 Å². The number of thiazole rings is 1. The summed E-state index contributed by atoms with van der Waals surface area (Å²) in [5, 5.41) is 0.933. The lowest BCUT2D eigenvalue weighted by Gasteiger charge is -2.29. The number of aryl methyl sites for hydroxylation is 1. The van der Waals surface area contributed by atoms with Gasteiger partial charge in [0, 0.05) is 19.1 Å². The maximum atomic E-state index is 13.4. The largest absolute Gasteiger partial charge is 0.332 e. The van der Waals surface area contributed by atoms with Crippen LogP contribution in [0.2, 0.25) is 0 Å². The van der Waals surface area contributed by atoms with Crippen LogP contribution in [0.25, 0.3) is 10.4 Å². The molecular weight excluding hydrogens is 330 g/mol. The lowest BCUT2D eigenvalue weighted by molar-refractivity contribution is 0.0718. The maximum Gasteiger partial charge on any atom is 0.274 e. The number of nitrogens with two attached hydrogens (primary N) is 1. The van der Waals surface area contributed by atoms with Crippen molar-refractivity contribution in [3.63, 3.8) is 0 Å². The summed E-state index contributed by atoms with van der Waals surface area (Å²) in [6, 6.07) is 10.3. The van der Waals surface area contributed by atoms with E-state index in [9.17, 15) is 4.79 Å². The standard InChI is InChI=1S/C20H25N3OS/c1-13-22-18(19(25-13)14-7-3-2-4-8-14)20(24)23-12-15-9-5-6-10-16(15)17(23)11-21/h2-4,7-8,15-17H,5-6,9-12,21H2,1H3. The van der Waals surface area contributed by atoms with Crippen LogP contribution in [0.4, 0.5) is 0 Å². The molecular formula is C20H25N3OS. The van der Waals surface area contributed by atoms with Crippen LogP contribution in [-0.4, -0.2) is 34.9 Å². The number of benzene rings is 1. The number of carbonyl (C=O) groups is 1. The summed E-state index contributed by atoms with van der Waals surface area (Å²) in [7, 11) is 0. The summed E-state index contributed by atoms with van der Waals surface area (Å²) in [6.45, 7) is 3.37. The summed E-state index contributed by atoms with van der Waals surface area (Å²) >= 11 is 1.60. The van der Waals surface area contributed by atoms with Crippen molar-refractivity contribution in [3.8, 4) is 10.4 Å². The highest BCUT2D eigenvalue weighted by atomic mass is 32.1. The number of amides is 1. The lowest BCUT2D eigenvalue weighted by atomic mass is 9.78. The molecule has 1 aromatic heterocycles. The van der Waals surface area contributed by atoms with E-state index in [0.717, 1.165) is 22.0 Å². The molecule has 2 heterocycles. The molecule has 0 radical (unpaired) electrons. The predicted molar refractivity (Wildman–Crippen MR) is 102 cm³/mol. The average Bonchev–Trinajstić information content (AvgIpc) is 3.22. The fourth-order valence-corrected chi connectivity index (χ4v) is 5.53. The zero-order valence-corrected chi connectivity index (χ0v) is 15.5.